The number of carbonyl (C=O) groups is 2. The number of fused-ring (bicyclic) bond motifs is 2. The summed E-state index contributed by atoms with van der Waals surface area (Å²) in [6.45, 7) is 11.5. The number of imidazole rings is 1. The van der Waals surface area contributed by atoms with Crippen molar-refractivity contribution in [3.05, 3.63) is 82.2 Å². The van der Waals surface area contributed by atoms with Crippen molar-refractivity contribution in [3.63, 3.8) is 0 Å². The fourth-order valence-corrected chi connectivity index (χ4v) is 6.17. The van der Waals surface area contributed by atoms with E-state index in [1.165, 1.54) is 35.2 Å². The fourth-order valence-electron chi connectivity index (χ4n) is 5.98. The van der Waals surface area contributed by atoms with Crippen LogP contribution in [0.3, 0.4) is 0 Å². The number of ether oxygens (including phenoxy) is 1. The normalized spacial score (nSPS) is 17.7. The lowest BCUT2D eigenvalue weighted by molar-refractivity contribution is -0.137. The van der Waals surface area contributed by atoms with Crippen LogP contribution in [-0.2, 0) is 41.8 Å². The summed E-state index contributed by atoms with van der Waals surface area (Å²) in [6, 6.07) is 9.85. The van der Waals surface area contributed by atoms with Gasteiger partial charge in [-0.05, 0) is 94.2 Å². The lowest BCUT2D eigenvalue weighted by Gasteiger charge is -2.38. The number of amides is 2. The number of rotatable bonds is 7. The molecule has 10 heteroatoms. The van der Waals surface area contributed by atoms with Crippen molar-refractivity contribution < 1.29 is 14.3 Å². The van der Waals surface area contributed by atoms with E-state index < -0.39 is 17.7 Å². The summed E-state index contributed by atoms with van der Waals surface area (Å²) >= 11 is 6.03. The van der Waals surface area contributed by atoms with Crippen LogP contribution in [0.15, 0.2) is 49.1 Å². The first-order valence-electron chi connectivity index (χ1n) is 16.3. The van der Waals surface area contributed by atoms with Gasteiger partial charge in [-0.15, -0.1) is 0 Å². The van der Waals surface area contributed by atoms with Crippen molar-refractivity contribution in [1.29, 1.82) is 0 Å². The minimum atomic E-state index is -0.582. The highest BCUT2D eigenvalue weighted by Crippen LogP contribution is 2.30. The van der Waals surface area contributed by atoms with Crippen molar-refractivity contribution in [3.8, 4) is 0 Å². The number of halogens is 1. The van der Waals surface area contributed by atoms with Crippen LogP contribution in [-0.4, -0.2) is 80.7 Å². The van der Waals surface area contributed by atoms with E-state index in [9.17, 15) is 9.59 Å². The number of piperazine rings is 1. The van der Waals surface area contributed by atoms with Gasteiger partial charge < -0.3 is 19.5 Å². The summed E-state index contributed by atoms with van der Waals surface area (Å²) in [5, 5.41) is 4.10. The molecule has 1 N–H and O–H groups in total. The first kappa shape index (κ1) is 32.9. The Bertz CT molecular complexity index is 1460. The van der Waals surface area contributed by atoms with E-state index in [-0.39, 0.29) is 5.91 Å². The zero-order valence-electron chi connectivity index (χ0n) is 27.1. The fraction of sp³-hybridized carbons (Fsp3) is 0.543. The number of hydrogen-bond donors (Lipinski definition) is 1. The predicted octanol–water partition coefficient (Wildman–Crippen LogP) is 5.32. The van der Waals surface area contributed by atoms with Crippen molar-refractivity contribution in [2.45, 2.75) is 84.4 Å². The Labute approximate surface area is 272 Å². The molecular weight excluding hydrogens is 588 g/mol. The second kappa shape index (κ2) is 14.8. The number of aromatic nitrogens is 3. The van der Waals surface area contributed by atoms with Gasteiger partial charge in [0, 0.05) is 80.9 Å². The van der Waals surface area contributed by atoms with Crippen LogP contribution in [0.25, 0.3) is 0 Å². The van der Waals surface area contributed by atoms with E-state index >= 15 is 0 Å². The Kier molecular flexibility index (Phi) is 10.8. The summed E-state index contributed by atoms with van der Waals surface area (Å²) in [6.07, 6.45) is 11.3. The standard InChI is InChI=1S/C21H35N5O3.C14H12ClN/c1-5-24-15-23-12-17(24)8-10-25(14-16-6-7-16)19(27)18-13-22-9-11-26(18)20(28)29-21(2,3)4;15-13-6-5-12-9-14-10(2-1-7-16-14)3-4-11(12)8-13/h12,15-16,18,22H,5-11,13-14H2,1-4H3;1-2,5-8H,3-4,9H2/t18-;/m1./s1. The summed E-state index contributed by atoms with van der Waals surface area (Å²) in [7, 11) is 0. The van der Waals surface area contributed by atoms with Gasteiger partial charge in [0.2, 0.25) is 5.91 Å². The highest BCUT2D eigenvalue weighted by atomic mass is 35.5. The molecule has 0 bridgehead atoms. The topological polar surface area (TPSA) is 92.6 Å². The van der Waals surface area contributed by atoms with Gasteiger partial charge in [-0.25, -0.2) is 9.78 Å². The molecule has 45 heavy (non-hydrogen) atoms. The number of benzene rings is 1. The third kappa shape index (κ3) is 9.07. The summed E-state index contributed by atoms with van der Waals surface area (Å²) in [5.74, 6) is 0.596. The van der Waals surface area contributed by atoms with Gasteiger partial charge in [-0.1, -0.05) is 23.7 Å². The molecule has 3 heterocycles. The Morgan fingerprint density at radius 2 is 1.93 bits per heavy atom. The maximum absolute atomic E-state index is 13.5. The first-order valence-corrected chi connectivity index (χ1v) is 16.7. The summed E-state index contributed by atoms with van der Waals surface area (Å²) in [4.78, 5) is 38.4. The van der Waals surface area contributed by atoms with Crippen molar-refractivity contribution in [1.82, 2.24) is 29.7 Å². The van der Waals surface area contributed by atoms with E-state index in [2.05, 4.69) is 45.0 Å². The van der Waals surface area contributed by atoms with Crippen LogP contribution in [0.1, 0.15) is 68.6 Å². The van der Waals surface area contributed by atoms with Gasteiger partial charge in [-0.2, -0.15) is 0 Å². The maximum atomic E-state index is 13.5. The van der Waals surface area contributed by atoms with E-state index in [0.29, 0.717) is 32.1 Å². The average molecular weight is 635 g/mol. The van der Waals surface area contributed by atoms with Crippen LogP contribution < -0.4 is 5.32 Å². The van der Waals surface area contributed by atoms with Gasteiger partial charge in [0.1, 0.15) is 11.6 Å². The summed E-state index contributed by atoms with van der Waals surface area (Å²) in [5.41, 5.74) is 5.86. The smallest absolute Gasteiger partial charge is 0.411 e. The van der Waals surface area contributed by atoms with E-state index in [1.807, 2.05) is 56.5 Å². The maximum Gasteiger partial charge on any atom is 0.411 e. The molecule has 0 radical (unpaired) electrons. The average Bonchev–Trinajstić information content (AvgIpc) is 3.76. The molecule has 1 aliphatic heterocycles. The van der Waals surface area contributed by atoms with Crippen molar-refractivity contribution >= 4 is 23.6 Å². The Hall–Kier alpha value is -3.43. The van der Waals surface area contributed by atoms with Crippen LogP contribution >= 0.6 is 11.6 Å². The lowest BCUT2D eigenvalue weighted by Crippen LogP contribution is -2.61. The number of nitrogens with zero attached hydrogens (tertiary/aromatic N) is 5. The molecule has 9 nitrogen and oxygen atoms in total. The highest BCUT2D eigenvalue weighted by Gasteiger charge is 2.38. The molecule has 1 atom stereocenters. The minimum Gasteiger partial charge on any atom is -0.444 e. The molecule has 2 amide bonds. The monoisotopic (exact) mass is 634 g/mol. The molecule has 2 aromatic heterocycles. The first-order chi connectivity index (χ1) is 21.6. The lowest BCUT2D eigenvalue weighted by atomic mass is 10.0. The summed E-state index contributed by atoms with van der Waals surface area (Å²) < 4.78 is 7.66. The third-order valence-corrected chi connectivity index (χ3v) is 8.83. The zero-order chi connectivity index (χ0) is 32.0. The highest BCUT2D eigenvalue weighted by molar-refractivity contribution is 6.30. The number of hydrogen-bond acceptors (Lipinski definition) is 6. The SMILES string of the molecule is CCn1cncc1CCN(CC1CC1)C(=O)[C@H]1CNCCN1C(=O)OC(C)(C)C.Clc1ccc2c(c1)CCc1cccnc1C2. The Morgan fingerprint density at radius 1 is 1.13 bits per heavy atom. The molecule has 2 fully saturated rings. The van der Waals surface area contributed by atoms with Gasteiger partial charge in [0.25, 0.3) is 0 Å². The van der Waals surface area contributed by atoms with E-state index in [1.54, 1.807) is 4.90 Å². The van der Waals surface area contributed by atoms with Crippen molar-refractivity contribution in [2.75, 3.05) is 32.7 Å². The van der Waals surface area contributed by atoms with E-state index in [4.69, 9.17) is 16.3 Å². The second-order valence-corrected chi connectivity index (χ2v) is 13.7. The predicted molar refractivity (Wildman–Crippen MR) is 176 cm³/mol. The molecular formula is C35H47ClN6O3. The number of nitrogens with one attached hydrogen (secondary N) is 1. The molecule has 242 valence electrons. The van der Waals surface area contributed by atoms with Crippen LogP contribution in [0.5, 0.6) is 0 Å². The third-order valence-electron chi connectivity index (χ3n) is 8.60. The quantitative estimate of drug-likeness (QED) is 0.378. The van der Waals surface area contributed by atoms with Gasteiger partial charge in [-0.3, -0.25) is 14.7 Å². The van der Waals surface area contributed by atoms with Crippen LogP contribution in [0.4, 0.5) is 4.79 Å². The number of carbonyl (C=O) groups excluding carboxylic acids is 2. The van der Waals surface area contributed by atoms with Gasteiger partial charge >= 0.3 is 6.09 Å². The second-order valence-electron chi connectivity index (χ2n) is 13.2. The Morgan fingerprint density at radius 3 is 2.69 bits per heavy atom. The number of pyridine rings is 1. The minimum absolute atomic E-state index is 0.0116. The molecule has 0 spiro atoms. The van der Waals surface area contributed by atoms with Crippen molar-refractivity contribution in [2.24, 2.45) is 5.92 Å². The zero-order valence-corrected chi connectivity index (χ0v) is 27.9. The molecule has 1 aromatic carbocycles. The molecule has 0 unspecified atom stereocenters. The Balaban J connectivity index is 0.000000209. The van der Waals surface area contributed by atoms with E-state index in [0.717, 1.165) is 49.5 Å². The van der Waals surface area contributed by atoms with Crippen LogP contribution in [0, 0.1) is 5.92 Å². The largest absolute Gasteiger partial charge is 0.444 e. The molecule has 6 rings (SSSR count). The molecule has 1 saturated carbocycles. The van der Waals surface area contributed by atoms with Gasteiger partial charge in [0.05, 0.1) is 6.33 Å². The molecule has 3 aliphatic rings. The number of aryl methyl sites for hydroxylation is 3. The molecule has 1 saturated heterocycles. The van der Waals surface area contributed by atoms with Crippen LogP contribution in [0.2, 0.25) is 5.02 Å². The molecule has 3 aromatic rings. The molecule has 2 aliphatic carbocycles. The van der Waals surface area contributed by atoms with Gasteiger partial charge in [0.15, 0.2) is 0 Å².